The van der Waals surface area contributed by atoms with Gasteiger partial charge < -0.3 is 10.1 Å². The van der Waals surface area contributed by atoms with E-state index in [0.29, 0.717) is 6.61 Å². The van der Waals surface area contributed by atoms with E-state index in [2.05, 4.69) is 43.2 Å². The smallest absolute Gasteiger partial charge is 0.237 e. The second-order valence-corrected chi connectivity index (χ2v) is 5.41. The van der Waals surface area contributed by atoms with Crippen molar-refractivity contribution in [2.75, 3.05) is 11.9 Å². The van der Waals surface area contributed by atoms with Crippen LogP contribution in [0.1, 0.15) is 45.7 Å². The molecule has 0 saturated carbocycles. The maximum atomic E-state index is 5.71. The molecule has 0 aromatic carbocycles. The molecule has 0 amide bonds. The highest BCUT2D eigenvalue weighted by molar-refractivity contribution is 5.56. The molecule has 0 spiro atoms. The first kappa shape index (κ1) is 12.2. The van der Waals surface area contributed by atoms with Gasteiger partial charge in [-0.15, -0.1) is 0 Å². The molecule has 1 N–H and O–H groups in total. The van der Waals surface area contributed by atoms with Crippen LogP contribution in [0.3, 0.4) is 0 Å². The van der Waals surface area contributed by atoms with Gasteiger partial charge in [-0.2, -0.15) is 0 Å². The second kappa shape index (κ2) is 4.94. The fourth-order valence-electron chi connectivity index (χ4n) is 2.03. The van der Waals surface area contributed by atoms with Crippen molar-refractivity contribution in [1.29, 1.82) is 0 Å². The average Bonchev–Trinajstić information content (AvgIpc) is 2.29. The number of aromatic nitrogens is 1. The molecule has 1 aromatic rings. The summed E-state index contributed by atoms with van der Waals surface area (Å²) in [5, 5.41) is 3.44. The standard InChI is InChI=1S/C14H22N2O/c1-4-5-6-7-11-8-9-12-13(15-11)17-10-14(2,3)16-12/h8-9,16H,4-7,10H2,1-3H3. The van der Waals surface area contributed by atoms with Crippen LogP contribution in [0.15, 0.2) is 12.1 Å². The lowest BCUT2D eigenvalue weighted by molar-refractivity contribution is 0.232. The predicted octanol–water partition coefficient (Wildman–Crippen LogP) is 3.40. The Morgan fingerprint density at radius 3 is 2.94 bits per heavy atom. The molecule has 0 aliphatic carbocycles. The maximum Gasteiger partial charge on any atom is 0.237 e. The van der Waals surface area contributed by atoms with Crippen molar-refractivity contribution in [2.24, 2.45) is 0 Å². The van der Waals surface area contributed by atoms with Crippen LogP contribution in [-0.2, 0) is 6.42 Å². The van der Waals surface area contributed by atoms with Crippen molar-refractivity contribution in [3.8, 4) is 5.88 Å². The summed E-state index contributed by atoms with van der Waals surface area (Å²) in [6.45, 7) is 7.15. The van der Waals surface area contributed by atoms with Gasteiger partial charge in [0, 0.05) is 5.69 Å². The minimum atomic E-state index is -0.00158. The molecule has 0 fully saturated rings. The summed E-state index contributed by atoms with van der Waals surface area (Å²) < 4.78 is 5.71. The molecule has 94 valence electrons. The van der Waals surface area contributed by atoms with E-state index in [4.69, 9.17) is 4.74 Å². The van der Waals surface area contributed by atoms with Gasteiger partial charge in [0.25, 0.3) is 0 Å². The normalized spacial score (nSPS) is 16.9. The van der Waals surface area contributed by atoms with Crippen LogP contribution in [0.25, 0.3) is 0 Å². The van der Waals surface area contributed by atoms with E-state index in [1.807, 2.05) is 0 Å². The quantitative estimate of drug-likeness (QED) is 0.811. The summed E-state index contributed by atoms with van der Waals surface area (Å²) in [6, 6.07) is 4.19. The average molecular weight is 234 g/mol. The van der Waals surface area contributed by atoms with Gasteiger partial charge in [0.1, 0.15) is 6.61 Å². The highest BCUT2D eigenvalue weighted by atomic mass is 16.5. The molecule has 0 radical (unpaired) electrons. The van der Waals surface area contributed by atoms with Crippen LogP contribution in [0.2, 0.25) is 0 Å². The Labute approximate surface area is 104 Å². The van der Waals surface area contributed by atoms with Crippen molar-refractivity contribution in [3.63, 3.8) is 0 Å². The number of nitrogens with zero attached hydrogens (tertiary/aromatic N) is 1. The third-order valence-corrected chi connectivity index (χ3v) is 3.00. The molecule has 3 heteroatoms. The molecular formula is C14H22N2O. The van der Waals surface area contributed by atoms with Crippen LogP contribution < -0.4 is 10.1 Å². The van der Waals surface area contributed by atoms with E-state index in [-0.39, 0.29) is 5.54 Å². The number of pyridine rings is 1. The Bertz CT molecular complexity index is 388. The minimum absolute atomic E-state index is 0.00158. The van der Waals surface area contributed by atoms with Gasteiger partial charge in [0.05, 0.1) is 11.2 Å². The van der Waals surface area contributed by atoms with Crippen LogP contribution in [0.4, 0.5) is 5.69 Å². The number of hydrogen-bond donors (Lipinski definition) is 1. The molecular weight excluding hydrogens is 212 g/mol. The minimum Gasteiger partial charge on any atom is -0.474 e. The van der Waals surface area contributed by atoms with Crippen LogP contribution >= 0.6 is 0 Å². The Morgan fingerprint density at radius 1 is 1.35 bits per heavy atom. The third-order valence-electron chi connectivity index (χ3n) is 3.00. The number of anilines is 1. The van der Waals surface area contributed by atoms with Gasteiger partial charge in [-0.25, -0.2) is 4.98 Å². The Morgan fingerprint density at radius 2 is 2.18 bits per heavy atom. The van der Waals surface area contributed by atoms with E-state index in [1.54, 1.807) is 0 Å². The zero-order chi connectivity index (χ0) is 12.3. The molecule has 0 saturated heterocycles. The fraction of sp³-hybridized carbons (Fsp3) is 0.643. The van der Waals surface area contributed by atoms with Gasteiger partial charge in [-0.05, 0) is 38.8 Å². The third kappa shape index (κ3) is 3.11. The van der Waals surface area contributed by atoms with Crippen molar-refractivity contribution in [1.82, 2.24) is 4.98 Å². The van der Waals surface area contributed by atoms with Gasteiger partial charge >= 0.3 is 0 Å². The van der Waals surface area contributed by atoms with E-state index in [1.165, 1.54) is 19.3 Å². The lowest BCUT2D eigenvalue weighted by atomic mass is 10.1. The van der Waals surface area contributed by atoms with E-state index in [9.17, 15) is 0 Å². The summed E-state index contributed by atoms with van der Waals surface area (Å²) in [7, 11) is 0. The van der Waals surface area contributed by atoms with E-state index >= 15 is 0 Å². The SMILES string of the molecule is CCCCCc1ccc2c(n1)OCC(C)(C)N2. The van der Waals surface area contributed by atoms with Gasteiger partial charge in [-0.3, -0.25) is 0 Å². The number of nitrogens with one attached hydrogen (secondary N) is 1. The van der Waals surface area contributed by atoms with E-state index < -0.39 is 0 Å². The Hall–Kier alpha value is -1.25. The first-order chi connectivity index (χ1) is 8.11. The van der Waals surface area contributed by atoms with Crippen LogP contribution in [0, 0.1) is 0 Å². The molecule has 2 heterocycles. The fourth-order valence-corrected chi connectivity index (χ4v) is 2.03. The first-order valence-electron chi connectivity index (χ1n) is 6.51. The molecule has 0 atom stereocenters. The molecule has 0 bridgehead atoms. The second-order valence-electron chi connectivity index (χ2n) is 5.41. The molecule has 1 aromatic heterocycles. The summed E-state index contributed by atoms with van der Waals surface area (Å²) in [6.07, 6.45) is 4.77. The molecule has 1 aliphatic rings. The number of aryl methyl sites for hydroxylation is 1. The van der Waals surface area contributed by atoms with Gasteiger partial charge in [0.15, 0.2) is 0 Å². The van der Waals surface area contributed by atoms with Crippen molar-refractivity contribution in [2.45, 2.75) is 52.0 Å². The van der Waals surface area contributed by atoms with Crippen LogP contribution in [-0.4, -0.2) is 17.1 Å². The van der Waals surface area contributed by atoms with Crippen LogP contribution in [0.5, 0.6) is 5.88 Å². The van der Waals surface area contributed by atoms with Crippen molar-refractivity contribution >= 4 is 5.69 Å². The number of unbranched alkanes of at least 4 members (excludes halogenated alkanes) is 2. The Kier molecular flexibility index (Phi) is 3.55. The molecule has 3 nitrogen and oxygen atoms in total. The van der Waals surface area contributed by atoms with Gasteiger partial charge in [0.2, 0.25) is 5.88 Å². The summed E-state index contributed by atoms with van der Waals surface area (Å²) in [5.41, 5.74) is 2.15. The van der Waals surface area contributed by atoms with E-state index in [0.717, 1.165) is 23.7 Å². The first-order valence-corrected chi connectivity index (χ1v) is 6.51. The molecule has 2 rings (SSSR count). The topological polar surface area (TPSA) is 34.1 Å². The largest absolute Gasteiger partial charge is 0.474 e. The number of rotatable bonds is 4. The molecule has 1 aliphatic heterocycles. The highest BCUT2D eigenvalue weighted by Crippen LogP contribution is 2.30. The maximum absolute atomic E-state index is 5.71. The zero-order valence-corrected chi connectivity index (χ0v) is 11.0. The summed E-state index contributed by atoms with van der Waals surface area (Å²) in [4.78, 5) is 4.57. The lowest BCUT2D eigenvalue weighted by Gasteiger charge is -2.33. The molecule has 0 unspecified atom stereocenters. The summed E-state index contributed by atoms with van der Waals surface area (Å²) >= 11 is 0. The van der Waals surface area contributed by atoms with Gasteiger partial charge in [-0.1, -0.05) is 19.8 Å². The molecule has 17 heavy (non-hydrogen) atoms. The lowest BCUT2D eigenvalue weighted by Crippen LogP contribution is -2.41. The number of ether oxygens (including phenoxy) is 1. The zero-order valence-electron chi connectivity index (χ0n) is 11.0. The number of hydrogen-bond acceptors (Lipinski definition) is 3. The van der Waals surface area contributed by atoms with Crippen molar-refractivity contribution in [3.05, 3.63) is 17.8 Å². The highest BCUT2D eigenvalue weighted by Gasteiger charge is 2.26. The number of fused-ring (bicyclic) bond motifs is 1. The predicted molar refractivity (Wildman–Crippen MR) is 70.7 cm³/mol. The Balaban J connectivity index is 2.05. The monoisotopic (exact) mass is 234 g/mol. The van der Waals surface area contributed by atoms with Crippen molar-refractivity contribution < 1.29 is 4.74 Å². The summed E-state index contributed by atoms with van der Waals surface area (Å²) in [5.74, 6) is 0.762.